The highest BCUT2D eigenvalue weighted by molar-refractivity contribution is 5.84. The maximum Gasteiger partial charge on any atom is 0.116 e. The monoisotopic (exact) mass is 229 g/mol. The summed E-state index contributed by atoms with van der Waals surface area (Å²) in [7, 11) is 0. The van der Waals surface area contributed by atoms with E-state index in [1.807, 2.05) is 12.1 Å². The number of β-amino-alcohol motifs (C(OH)–C–C–N with tert-alkyl or cyclic N) is 1. The molecule has 88 valence electrons. The molecule has 0 unspecified atom stereocenters. The molecule has 1 aliphatic rings. The largest absolute Gasteiger partial charge is 0.508 e. The number of phenolic OH excluding ortho intramolecular Hbond substituents is 1. The molecule has 0 atom stereocenters. The van der Waals surface area contributed by atoms with Crippen LogP contribution in [0.5, 0.6) is 5.75 Å². The van der Waals surface area contributed by atoms with Gasteiger partial charge in [0.15, 0.2) is 0 Å². The first-order valence-electron chi connectivity index (χ1n) is 5.83. The Hall–Kier alpha value is -1.58. The van der Waals surface area contributed by atoms with Crippen LogP contribution in [0.2, 0.25) is 0 Å². The van der Waals surface area contributed by atoms with Gasteiger partial charge in [0.25, 0.3) is 0 Å². The van der Waals surface area contributed by atoms with Crippen LogP contribution in [0.4, 0.5) is 0 Å². The lowest BCUT2D eigenvalue weighted by atomic mass is 10.0. The topological polar surface area (TPSA) is 43.7 Å². The Bertz CT molecular complexity index is 547. The van der Waals surface area contributed by atoms with Crippen LogP contribution < -0.4 is 0 Å². The van der Waals surface area contributed by atoms with Gasteiger partial charge in [-0.1, -0.05) is 18.2 Å². The number of aliphatic hydroxyl groups excluding tert-OH is 1. The molecule has 0 radical (unpaired) electrons. The normalized spacial score (nSPS) is 17.2. The number of nitrogens with zero attached hydrogens (tertiary/aromatic N) is 1. The molecule has 2 N–H and O–H groups in total. The quantitative estimate of drug-likeness (QED) is 0.824. The van der Waals surface area contributed by atoms with Crippen molar-refractivity contribution in [2.45, 2.75) is 12.6 Å². The molecule has 3 heteroatoms. The Morgan fingerprint density at radius 2 is 1.76 bits per heavy atom. The number of likely N-dealkylation sites (tertiary alicyclic amines) is 1. The molecular weight excluding hydrogens is 214 g/mol. The first kappa shape index (κ1) is 10.6. The number of rotatable bonds is 2. The summed E-state index contributed by atoms with van der Waals surface area (Å²) >= 11 is 0. The van der Waals surface area contributed by atoms with Crippen molar-refractivity contribution in [2.24, 2.45) is 0 Å². The smallest absolute Gasteiger partial charge is 0.116 e. The summed E-state index contributed by atoms with van der Waals surface area (Å²) in [6.07, 6.45) is -0.146. The molecule has 0 spiro atoms. The standard InChI is InChI=1S/C14H15NO2/c16-13-4-3-11-5-10(1-2-12(11)6-13)7-15-8-14(17)9-15/h1-6,14,16-17H,7-9H2. The lowest BCUT2D eigenvalue weighted by Gasteiger charge is -2.35. The second-order valence-electron chi connectivity index (χ2n) is 4.71. The van der Waals surface area contributed by atoms with Crippen molar-refractivity contribution in [1.82, 2.24) is 4.90 Å². The summed E-state index contributed by atoms with van der Waals surface area (Å²) in [4.78, 5) is 2.21. The van der Waals surface area contributed by atoms with Crippen molar-refractivity contribution in [2.75, 3.05) is 13.1 Å². The maximum atomic E-state index is 9.39. The highest BCUT2D eigenvalue weighted by atomic mass is 16.3. The number of aromatic hydroxyl groups is 1. The van der Waals surface area contributed by atoms with Crippen molar-refractivity contribution in [3.63, 3.8) is 0 Å². The van der Waals surface area contributed by atoms with Crippen LogP contribution >= 0.6 is 0 Å². The lowest BCUT2D eigenvalue weighted by Crippen LogP contribution is -2.49. The van der Waals surface area contributed by atoms with Crippen LogP contribution in [-0.4, -0.2) is 34.3 Å². The minimum Gasteiger partial charge on any atom is -0.508 e. The minimum atomic E-state index is -0.146. The third kappa shape index (κ3) is 2.12. The van der Waals surface area contributed by atoms with Gasteiger partial charge in [-0.15, -0.1) is 0 Å². The summed E-state index contributed by atoms with van der Waals surface area (Å²) in [6.45, 7) is 2.43. The van der Waals surface area contributed by atoms with Gasteiger partial charge in [0, 0.05) is 19.6 Å². The zero-order valence-electron chi connectivity index (χ0n) is 9.50. The highest BCUT2D eigenvalue weighted by Crippen LogP contribution is 2.22. The van der Waals surface area contributed by atoms with Crippen LogP contribution in [0.3, 0.4) is 0 Å². The average molecular weight is 229 g/mol. The maximum absolute atomic E-state index is 9.39. The van der Waals surface area contributed by atoms with Gasteiger partial charge in [-0.05, 0) is 34.5 Å². The summed E-state index contributed by atoms with van der Waals surface area (Å²) in [6, 6.07) is 11.7. The van der Waals surface area contributed by atoms with Gasteiger partial charge in [-0.25, -0.2) is 0 Å². The van der Waals surface area contributed by atoms with Crippen molar-refractivity contribution in [1.29, 1.82) is 0 Å². The van der Waals surface area contributed by atoms with Gasteiger partial charge in [0.05, 0.1) is 6.10 Å². The fraction of sp³-hybridized carbons (Fsp3) is 0.286. The minimum absolute atomic E-state index is 0.146. The van der Waals surface area contributed by atoms with E-state index in [0.29, 0.717) is 5.75 Å². The molecule has 1 heterocycles. The molecule has 1 aliphatic heterocycles. The molecule has 0 saturated carbocycles. The molecule has 0 aromatic heterocycles. The van der Waals surface area contributed by atoms with Gasteiger partial charge >= 0.3 is 0 Å². The lowest BCUT2D eigenvalue weighted by molar-refractivity contribution is -0.00284. The Labute approximate surface area is 99.9 Å². The van der Waals surface area contributed by atoms with E-state index in [1.165, 1.54) is 5.56 Å². The summed E-state index contributed by atoms with van der Waals surface area (Å²) < 4.78 is 0. The summed E-state index contributed by atoms with van der Waals surface area (Å²) in [5.41, 5.74) is 1.25. The first-order valence-corrected chi connectivity index (χ1v) is 5.83. The fourth-order valence-electron chi connectivity index (χ4n) is 2.31. The molecule has 0 amide bonds. The zero-order valence-corrected chi connectivity index (χ0v) is 9.50. The van der Waals surface area contributed by atoms with E-state index in [0.717, 1.165) is 30.4 Å². The second kappa shape index (κ2) is 4.02. The van der Waals surface area contributed by atoms with E-state index in [-0.39, 0.29) is 6.10 Å². The Morgan fingerprint density at radius 3 is 2.53 bits per heavy atom. The third-order valence-corrected chi connectivity index (χ3v) is 3.23. The van der Waals surface area contributed by atoms with Crippen molar-refractivity contribution in [3.8, 4) is 5.75 Å². The zero-order chi connectivity index (χ0) is 11.8. The van der Waals surface area contributed by atoms with Crippen molar-refractivity contribution in [3.05, 3.63) is 42.0 Å². The van der Waals surface area contributed by atoms with Crippen LogP contribution in [0.15, 0.2) is 36.4 Å². The molecule has 3 rings (SSSR count). The molecule has 0 aliphatic carbocycles. The molecule has 2 aromatic carbocycles. The van der Waals surface area contributed by atoms with Gasteiger partial charge in [0.1, 0.15) is 5.75 Å². The number of hydrogen-bond donors (Lipinski definition) is 2. The Morgan fingerprint density at radius 1 is 1.06 bits per heavy atom. The molecule has 3 nitrogen and oxygen atoms in total. The summed E-state index contributed by atoms with van der Waals surface area (Å²) in [5.74, 6) is 0.302. The van der Waals surface area contributed by atoms with E-state index in [4.69, 9.17) is 0 Å². The number of phenols is 1. The van der Waals surface area contributed by atoms with Crippen molar-refractivity contribution >= 4 is 10.8 Å². The number of hydrogen-bond acceptors (Lipinski definition) is 3. The van der Waals surface area contributed by atoms with Crippen LogP contribution in [-0.2, 0) is 6.54 Å². The van der Waals surface area contributed by atoms with Gasteiger partial charge < -0.3 is 10.2 Å². The Kier molecular flexibility index (Phi) is 2.50. The SMILES string of the molecule is Oc1ccc2cc(CN3CC(O)C3)ccc2c1. The number of aliphatic hydroxyl groups is 1. The van der Waals surface area contributed by atoms with Crippen molar-refractivity contribution < 1.29 is 10.2 Å². The Balaban J connectivity index is 1.84. The van der Waals surface area contributed by atoms with E-state index < -0.39 is 0 Å². The molecule has 1 fully saturated rings. The van der Waals surface area contributed by atoms with E-state index in [1.54, 1.807) is 12.1 Å². The van der Waals surface area contributed by atoms with Gasteiger partial charge in [-0.3, -0.25) is 4.90 Å². The number of fused-ring (bicyclic) bond motifs is 1. The van der Waals surface area contributed by atoms with Crippen LogP contribution in [0.1, 0.15) is 5.56 Å². The highest BCUT2D eigenvalue weighted by Gasteiger charge is 2.23. The molecule has 17 heavy (non-hydrogen) atoms. The van der Waals surface area contributed by atoms with E-state index in [9.17, 15) is 10.2 Å². The molecule has 1 saturated heterocycles. The van der Waals surface area contributed by atoms with Gasteiger partial charge in [0.2, 0.25) is 0 Å². The van der Waals surface area contributed by atoms with Crippen LogP contribution in [0, 0.1) is 0 Å². The molecular formula is C14H15NO2. The second-order valence-corrected chi connectivity index (χ2v) is 4.71. The van der Waals surface area contributed by atoms with Crippen LogP contribution in [0.25, 0.3) is 10.8 Å². The predicted octanol–water partition coefficient (Wildman–Crippen LogP) is 1.72. The predicted molar refractivity (Wildman–Crippen MR) is 66.9 cm³/mol. The molecule has 2 aromatic rings. The number of benzene rings is 2. The summed E-state index contributed by atoms with van der Waals surface area (Å²) in [5, 5.41) is 20.8. The fourth-order valence-corrected chi connectivity index (χ4v) is 2.31. The third-order valence-electron chi connectivity index (χ3n) is 3.23. The average Bonchev–Trinajstić information content (AvgIpc) is 2.27. The molecule has 0 bridgehead atoms. The van der Waals surface area contributed by atoms with Gasteiger partial charge in [-0.2, -0.15) is 0 Å². The first-order chi connectivity index (χ1) is 8.20. The van der Waals surface area contributed by atoms with E-state index >= 15 is 0 Å². The van der Waals surface area contributed by atoms with E-state index in [2.05, 4.69) is 17.0 Å².